The summed E-state index contributed by atoms with van der Waals surface area (Å²) in [6.45, 7) is 5.18. The largest absolute Gasteiger partial charge is 0.462 e. The summed E-state index contributed by atoms with van der Waals surface area (Å²) in [6.07, 6.45) is 0. The number of aromatic nitrogens is 1. The van der Waals surface area contributed by atoms with Crippen molar-refractivity contribution in [3.63, 3.8) is 0 Å². The molecule has 0 radical (unpaired) electrons. The number of carbonyl (C=O) groups excluding carboxylic acids is 1. The van der Waals surface area contributed by atoms with Crippen molar-refractivity contribution in [3.05, 3.63) is 32.7 Å². The van der Waals surface area contributed by atoms with Crippen molar-refractivity contribution in [2.24, 2.45) is 7.05 Å². The van der Waals surface area contributed by atoms with Crippen LogP contribution in [0.3, 0.4) is 0 Å². The number of nitrogens with zero attached hydrogens (tertiary/aromatic N) is 2. The molecule has 5 nitrogen and oxygen atoms in total. The molecule has 0 bridgehead atoms. The number of nitriles is 1. The van der Waals surface area contributed by atoms with Crippen LogP contribution in [-0.4, -0.2) is 17.1 Å². The molecule has 1 aromatic heterocycles. The van der Waals surface area contributed by atoms with E-state index in [4.69, 9.17) is 10.00 Å². The molecular weight excluding hydrogens is 220 g/mol. The van der Waals surface area contributed by atoms with E-state index in [2.05, 4.69) is 0 Å². The molecular formula is C12H14N2O3. The highest BCUT2D eigenvalue weighted by atomic mass is 16.5. The number of esters is 1. The molecule has 1 aromatic rings. The number of rotatable bonds is 2. The Morgan fingerprint density at radius 2 is 2.00 bits per heavy atom. The Bertz CT molecular complexity index is 565. The lowest BCUT2D eigenvalue weighted by Crippen LogP contribution is -2.26. The molecule has 0 aliphatic rings. The lowest BCUT2D eigenvalue weighted by Gasteiger charge is -2.13. The minimum atomic E-state index is -0.679. The van der Waals surface area contributed by atoms with E-state index in [0.29, 0.717) is 11.4 Å². The highest BCUT2D eigenvalue weighted by Crippen LogP contribution is 2.10. The fourth-order valence-electron chi connectivity index (χ4n) is 1.62. The Labute approximate surface area is 99.2 Å². The van der Waals surface area contributed by atoms with Gasteiger partial charge in [0.1, 0.15) is 17.2 Å². The average molecular weight is 234 g/mol. The van der Waals surface area contributed by atoms with E-state index in [1.54, 1.807) is 32.4 Å². The molecule has 90 valence electrons. The molecule has 1 rings (SSSR count). The zero-order chi connectivity index (χ0) is 13.2. The highest BCUT2D eigenvalue weighted by Gasteiger charge is 2.21. The second-order valence-electron chi connectivity index (χ2n) is 3.64. The number of hydrogen-bond donors (Lipinski definition) is 0. The van der Waals surface area contributed by atoms with Crippen molar-refractivity contribution in [3.8, 4) is 6.07 Å². The molecule has 0 spiro atoms. The van der Waals surface area contributed by atoms with E-state index in [1.165, 1.54) is 0 Å². The Kier molecular flexibility index (Phi) is 3.69. The molecule has 0 N–H and O–H groups in total. The lowest BCUT2D eigenvalue weighted by atomic mass is 10.1. The molecule has 1 heterocycles. The third-order valence-electron chi connectivity index (χ3n) is 2.78. The molecule has 0 aliphatic heterocycles. The summed E-state index contributed by atoms with van der Waals surface area (Å²) >= 11 is 0. The zero-order valence-electron chi connectivity index (χ0n) is 10.3. The molecule has 5 heteroatoms. The van der Waals surface area contributed by atoms with Crippen LogP contribution in [0.2, 0.25) is 0 Å². The van der Waals surface area contributed by atoms with Crippen molar-refractivity contribution < 1.29 is 9.53 Å². The second-order valence-corrected chi connectivity index (χ2v) is 3.64. The average Bonchev–Trinajstić information content (AvgIpc) is 2.27. The fraction of sp³-hybridized carbons (Fsp3) is 0.417. The maximum atomic E-state index is 12.0. The van der Waals surface area contributed by atoms with Crippen molar-refractivity contribution in [1.29, 1.82) is 5.26 Å². The number of carbonyl (C=O) groups is 1. The van der Waals surface area contributed by atoms with Crippen molar-refractivity contribution in [1.82, 2.24) is 4.57 Å². The first-order chi connectivity index (χ1) is 7.95. The van der Waals surface area contributed by atoms with E-state index < -0.39 is 11.4 Å². The van der Waals surface area contributed by atoms with Crippen LogP contribution in [0.25, 0.3) is 0 Å². The maximum absolute atomic E-state index is 12.0. The first-order valence-electron chi connectivity index (χ1n) is 5.23. The van der Waals surface area contributed by atoms with Crippen LogP contribution >= 0.6 is 0 Å². The summed E-state index contributed by atoms with van der Waals surface area (Å²) in [6, 6.07) is 1.83. The van der Waals surface area contributed by atoms with Crippen LogP contribution < -0.4 is 5.43 Å². The van der Waals surface area contributed by atoms with Gasteiger partial charge in [0.15, 0.2) is 0 Å². The van der Waals surface area contributed by atoms with Crippen molar-refractivity contribution in [2.45, 2.75) is 20.8 Å². The number of pyridine rings is 1. The van der Waals surface area contributed by atoms with Gasteiger partial charge in [0.2, 0.25) is 5.43 Å². The molecule has 0 unspecified atom stereocenters. The molecule has 0 saturated carbocycles. The molecule has 0 saturated heterocycles. The van der Waals surface area contributed by atoms with Gasteiger partial charge in [-0.2, -0.15) is 5.26 Å². The molecule has 0 fully saturated rings. The SMILES string of the molecule is CCOC(=O)c1c(C)n(C)c(C)c(C#N)c1=O. The smallest absolute Gasteiger partial charge is 0.343 e. The van der Waals surface area contributed by atoms with Crippen LogP contribution in [0.15, 0.2) is 4.79 Å². The van der Waals surface area contributed by atoms with Gasteiger partial charge in [0, 0.05) is 18.4 Å². The van der Waals surface area contributed by atoms with Gasteiger partial charge in [-0.3, -0.25) is 4.79 Å². The van der Waals surface area contributed by atoms with Gasteiger partial charge in [-0.15, -0.1) is 0 Å². The predicted octanol–water partition coefficient (Wildman–Crippen LogP) is 1.05. The summed E-state index contributed by atoms with van der Waals surface area (Å²) < 4.78 is 6.47. The third kappa shape index (κ3) is 2.07. The van der Waals surface area contributed by atoms with Gasteiger partial charge in [0.25, 0.3) is 0 Å². The Hall–Kier alpha value is -2.09. The Morgan fingerprint density at radius 3 is 2.47 bits per heavy atom. The lowest BCUT2D eigenvalue weighted by molar-refractivity contribution is 0.0522. The summed E-state index contributed by atoms with van der Waals surface area (Å²) in [4.78, 5) is 23.6. The molecule has 17 heavy (non-hydrogen) atoms. The topological polar surface area (TPSA) is 72.1 Å². The van der Waals surface area contributed by atoms with Crippen LogP contribution in [0.5, 0.6) is 0 Å². The minimum absolute atomic E-state index is 0.0128. The van der Waals surface area contributed by atoms with E-state index >= 15 is 0 Å². The second kappa shape index (κ2) is 4.83. The van der Waals surface area contributed by atoms with Gasteiger partial charge in [0.05, 0.1) is 6.61 Å². The van der Waals surface area contributed by atoms with Crippen LogP contribution in [0, 0.1) is 25.2 Å². The highest BCUT2D eigenvalue weighted by molar-refractivity contribution is 5.91. The van der Waals surface area contributed by atoms with Gasteiger partial charge in [-0.1, -0.05) is 0 Å². The monoisotopic (exact) mass is 234 g/mol. The van der Waals surface area contributed by atoms with E-state index in [9.17, 15) is 9.59 Å². The fourth-order valence-corrected chi connectivity index (χ4v) is 1.62. The summed E-state index contributed by atoms with van der Waals surface area (Å²) in [5.74, 6) is -0.679. The van der Waals surface area contributed by atoms with Gasteiger partial charge >= 0.3 is 5.97 Å². The van der Waals surface area contributed by atoms with Crippen molar-refractivity contribution in [2.75, 3.05) is 6.61 Å². The molecule has 0 amide bonds. The van der Waals surface area contributed by atoms with E-state index in [1.807, 2.05) is 6.07 Å². The quantitative estimate of drug-likeness (QED) is 0.717. The van der Waals surface area contributed by atoms with Gasteiger partial charge < -0.3 is 9.30 Å². The maximum Gasteiger partial charge on any atom is 0.343 e. The Morgan fingerprint density at radius 1 is 1.41 bits per heavy atom. The molecule has 0 aromatic carbocycles. The summed E-state index contributed by atoms with van der Waals surface area (Å²) in [7, 11) is 1.70. The first kappa shape index (κ1) is 13.0. The predicted molar refractivity (Wildman–Crippen MR) is 61.8 cm³/mol. The first-order valence-corrected chi connectivity index (χ1v) is 5.23. The van der Waals surface area contributed by atoms with Crippen LogP contribution in [0.1, 0.15) is 34.2 Å². The normalized spacial score (nSPS) is 9.82. The molecule has 0 atom stereocenters. The van der Waals surface area contributed by atoms with Crippen LogP contribution in [0.4, 0.5) is 0 Å². The number of ether oxygens (including phenoxy) is 1. The van der Waals surface area contributed by atoms with Gasteiger partial charge in [-0.05, 0) is 20.8 Å². The van der Waals surface area contributed by atoms with Crippen molar-refractivity contribution >= 4 is 5.97 Å². The van der Waals surface area contributed by atoms with E-state index in [-0.39, 0.29) is 17.7 Å². The van der Waals surface area contributed by atoms with Gasteiger partial charge in [-0.25, -0.2) is 4.79 Å². The zero-order valence-corrected chi connectivity index (χ0v) is 10.3. The van der Waals surface area contributed by atoms with E-state index in [0.717, 1.165) is 0 Å². The molecule has 0 aliphatic carbocycles. The summed E-state index contributed by atoms with van der Waals surface area (Å²) in [5.41, 5.74) is 0.421. The van der Waals surface area contributed by atoms with Crippen LogP contribution in [-0.2, 0) is 11.8 Å². The number of hydrogen-bond acceptors (Lipinski definition) is 4. The summed E-state index contributed by atoms with van der Waals surface area (Å²) in [5, 5.41) is 8.94. The third-order valence-corrected chi connectivity index (χ3v) is 2.78. The standard InChI is InChI=1S/C12H14N2O3/c1-5-17-12(16)10-8(3)14(4)7(2)9(6-13)11(10)15/h5H2,1-4H3. The Balaban J connectivity index is 3.63. The minimum Gasteiger partial charge on any atom is -0.462 e.